The molecule has 24 heavy (non-hydrogen) atoms. The first-order valence-electron chi connectivity index (χ1n) is 8.59. The molecule has 0 aromatic rings. The van der Waals surface area contributed by atoms with Crippen molar-refractivity contribution in [1.29, 1.82) is 0 Å². The Labute approximate surface area is 140 Å². The fraction of sp³-hybridized carbons (Fsp3) is 0.882. The number of rotatable bonds is 5. The number of carbonyl (C=O) groups is 2. The molecule has 3 aliphatic rings. The van der Waals surface area contributed by atoms with E-state index in [-0.39, 0.29) is 30.1 Å². The highest BCUT2D eigenvalue weighted by Crippen LogP contribution is 2.63. The molecule has 3 aliphatic carbocycles. The van der Waals surface area contributed by atoms with Crippen molar-refractivity contribution in [1.82, 2.24) is 5.32 Å². The number of esters is 1. The lowest BCUT2D eigenvalue weighted by Crippen LogP contribution is -2.62. The molecule has 1 amide bonds. The van der Waals surface area contributed by atoms with Gasteiger partial charge in [0, 0.05) is 25.9 Å². The Morgan fingerprint density at radius 1 is 1.08 bits per heavy atom. The highest BCUT2D eigenvalue weighted by molar-refractivity contribution is 5.88. The summed E-state index contributed by atoms with van der Waals surface area (Å²) in [4.78, 5) is 24.7. The summed E-state index contributed by atoms with van der Waals surface area (Å²) in [6, 6.07) is -0.837. The van der Waals surface area contributed by atoms with Gasteiger partial charge < -0.3 is 14.8 Å². The van der Waals surface area contributed by atoms with E-state index in [0.29, 0.717) is 32.1 Å². The maximum absolute atomic E-state index is 13.3. The molecular formula is C17H25F2NO4. The predicted octanol–water partition coefficient (Wildman–Crippen LogP) is 2.43. The lowest BCUT2D eigenvalue weighted by Gasteiger charge is -2.45. The lowest BCUT2D eigenvalue weighted by atomic mass is 9.74. The van der Waals surface area contributed by atoms with Gasteiger partial charge in [-0.3, -0.25) is 4.79 Å². The molecule has 136 valence electrons. The van der Waals surface area contributed by atoms with Gasteiger partial charge in [0.1, 0.15) is 0 Å². The van der Waals surface area contributed by atoms with Gasteiger partial charge in [0.2, 0.25) is 11.8 Å². The molecular weight excluding hydrogens is 320 g/mol. The number of carbonyl (C=O) groups excluding carboxylic acids is 2. The molecule has 7 heteroatoms. The summed E-state index contributed by atoms with van der Waals surface area (Å²) in [6.45, 7) is 0. The summed E-state index contributed by atoms with van der Waals surface area (Å²) in [5, 5.41) is 2.79. The number of amides is 1. The molecule has 1 N–H and O–H groups in total. The van der Waals surface area contributed by atoms with Crippen molar-refractivity contribution in [2.45, 2.75) is 68.9 Å². The summed E-state index contributed by atoms with van der Waals surface area (Å²) in [7, 11) is 2.81. The number of hydrogen-bond acceptors (Lipinski definition) is 4. The second kappa shape index (κ2) is 5.93. The molecule has 3 rings (SSSR count). The SMILES string of the molecule is COC(=O)C(NC(=O)C1CC12CCC(F)(F)CC2)C1(OC)CCC1. The van der Waals surface area contributed by atoms with Crippen LogP contribution >= 0.6 is 0 Å². The van der Waals surface area contributed by atoms with Crippen molar-refractivity contribution in [3.63, 3.8) is 0 Å². The second-order valence-corrected chi connectivity index (χ2v) is 7.56. The first kappa shape index (κ1) is 17.6. The second-order valence-electron chi connectivity index (χ2n) is 7.56. The number of methoxy groups -OCH3 is 2. The molecule has 3 saturated carbocycles. The number of halogens is 2. The third-order valence-electron chi connectivity index (χ3n) is 6.34. The first-order chi connectivity index (χ1) is 11.3. The van der Waals surface area contributed by atoms with Gasteiger partial charge >= 0.3 is 5.97 Å². The molecule has 0 heterocycles. The maximum atomic E-state index is 13.3. The summed E-state index contributed by atoms with van der Waals surface area (Å²) >= 11 is 0. The average Bonchev–Trinajstić information content (AvgIpc) is 3.23. The highest BCUT2D eigenvalue weighted by Gasteiger charge is 2.62. The van der Waals surface area contributed by atoms with E-state index < -0.39 is 23.5 Å². The zero-order valence-corrected chi connectivity index (χ0v) is 14.2. The van der Waals surface area contributed by atoms with E-state index in [9.17, 15) is 18.4 Å². The molecule has 0 aromatic heterocycles. The van der Waals surface area contributed by atoms with Crippen LogP contribution in [0.1, 0.15) is 51.4 Å². The van der Waals surface area contributed by atoms with Crippen LogP contribution in [0.4, 0.5) is 8.78 Å². The van der Waals surface area contributed by atoms with Crippen LogP contribution < -0.4 is 5.32 Å². The van der Waals surface area contributed by atoms with E-state index in [1.165, 1.54) is 14.2 Å². The molecule has 2 atom stereocenters. The van der Waals surface area contributed by atoms with E-state index >= 15 is 0 Å². The van der Waals surface area contributed by atoms with Crippen molar-refractivity contribution in [3.05, 3.63) is 0 Å². The van der Waals surface area contributed by atoms with E-state index in [1.807, 2.05) is 0 Å². The van der Waals surface area contributed by atoms with Gasteiger partial charge in [-0.05, 0) is 43.9 Å². The van der Waals surface area contributed by atoms with Crippen LogP contribution in [0.15, 0.2) is 0 Å². The van der Waals surface area contributed by atoms with E-state index in [2.05, 4.69) is 5.32 Å². The van der Waals surface area contributed by atoms with E-state index in [0.717, 1.165) is 6.42 Å². The normalized spacial score (nSPS) is 30.1. The highest BCUT2D eigenvalue weighted by atomic mass is 19.3. The zero-order chi connectivity index (χ0) is 17.6. The van der Waals surface area contributed by atoms with Gasteiger partial charge in [-0.1, -0.05) is 0 Å². The molecule has 0 radical (unpaired) electrons. The number of ether oxygens (including phenoxy) is 2. The molecule has 2 unspecified atom stereocenters. The molecule has 0 aliphatic heterocycles. The lowest BCUT2D eigenvalue weighted by molar-refractivity contribution is -0.164. The third-order valence-corrected chi connectivity index (χ3v) is 6.34. The van der Waals surface area contributed by atoms with E-state index in [4.69, 9.17) is 9.47 Å². The standard InChI is InChI=1S/C17H25F2NO4/c1-23-14(22)12(16(24-2)4-3-5-16)20-13(21)11-10-15(11)6-8-17(18,19)9-7-15/h11-12H,3-10H2,1-2H3,(H,20,21). The molecule has 0 saturated heterocycles. The Balaban J connectivity index is 1.64. The van der Waals surface area contributed by atoms with Gasteiger partial charge in [-0.25, -0.2) is 13.6 Å². The Hall–Kier alpha value is -1.24. The first-order valence-corrected chi connectivity index (χ1v) is 8.59. The van der Waals surface area contributed by atoms with Crippen molar-refractivity contribution < 1.29 is 27.8 Å². The molecule has 0 aromatic carbocycles. The topological polar surface area (TPSA) is 64.6 Å². The molecule has 3 fully saturated rings. The predicted molar refractivity (Wildman–Crippen MR) is 81.5 cm³/mol. The Bertz CT molecular complexity index is 517. The zero-order valence-electron chi connectivity index (χ0n) is 14.2. The van der Waals surface area contributed by atoms with Gasteiger partial charge in [-0.2, -0.15) is 0 Å². The van der Waals surface area contributed by atoms with E-state index in [1.54, 1.807) is 0 Å². The van der Waals surface area contributed by atoms with Crippen molar-refractivity contribution in [3.8, 4) is 0 Å². The number of alkyl halides is 2. The van der Waals surface area contributed by atoms with Crippen LogP contribution in [0.5, 0.6) is 0 Å². The van der Waals surface area contributed by atoms with Crippen molar-refractivity contribution in [2.24, 2.45) is 11.3 Å². The maximum Gasteiger partial charge on any atom is 0.331 e. The Kier molecular flexibility index (Phi) is 4.35. The molecule has 1 spiro atoms. The number of hydrogen-bond donors (Lipinski definition) is 1. The van der Waals surface area contributed by atoms with Crippen LogP contribution in [-0.2, 0) is 19.1 Å². The minimum atomic E-state index is -2.60. The van der Waals surface area contributed by atoms with Crippen LogP contribution in [-0.4, -0.2) is 43.7 Å². The van der Waals surface area contributed by atoms with Crippen LogP contribution in [0, 0.1) is 11.3 Å². The van der Waals surface area contributed by atoms with Gasteiger partial charge in [0.15, 0.2) is 6.04 Å². The largest absolute Gasteiger partial charge is 0.467 e. The summed E-state index contributed by atoms with van der Waals surface area (Å²) in [5.41, 5.74) is -1.00. The minimum Gasteiger partial charge on any atom is -0.467 e. The Morgan fingerprint density at radius 2 is 1.71 bits per heavy atom. The minimum absolute atomic E-state index is 0.154. The van der Waals surface area contributed by atoms with Crippen LogP contribution in [0.25, 0.3) is 0 Å². The molecule has 0 bridgehead atoms. The monoisotopic (exact) mass is 345 g/mol. The average molecular weight is 345 g/mol. The van der Waals surface area contributed by atoms with Crippen molar-refractivity contribution in [2.75, 3.05) is 14.2 Å². The smallest absolute Gasteiger partial charge is 0.331 e. The fourth-order valence-electron chi connectivity index (χ4n) is 4.29. The van der Waals surface area contributed by atoms with Crippen molar-refractivity contribution >= 4 is 11.9 Å². The van der Waals surface area contributed by atoms with Crippen LogP contribution in [0.2, 0.25) is 0 Å². The third kappa shape index (κ3) is 2.91. The quantitative estimate of drug-likeness (QED) is 0.777. The van der Waals surface area contributed by atoms with Gasteiger partial charge in [0.05, 0.1) is 12.7 Å². The summed E-state index contributed by atoms with van der Waals surface area (Å²) < 4.78 is 37.0. The van der Waals surface area contributed by atoms with Gasteiger partial charge in [0.25, 0.3) is 0 Å². The fourth-order valence-corrected chi connectivity index (χ4v) is 4.29. The summed E-state index contributed by atoms with van der Waals surface area (Å²) in [5.74, 6) is -3.64. The number of nitrogens with one attached hydrogen (secondary N) is 1. The Morgan fingerprint density at radius 3 is 2.17 bits per heavy atom. The summed E-state index contributed by atoms with van der Waals surface area (Å²) in [6.07, 6.45) is 3.37. The van der Waals surface area contributed by atoms with Crippen LogP contribution in [0.3, 0.4) is 0 Å². The molecule has 5 nitrogen and oxygen atoms in total. The van der Waals surface area contributed by atoms with Gasteiger partial charge in [-0.15, -0.1) is 0 Å².